The number of aliphatic hydroxyl groups is 2. The highest BCUT2D eigenvalue weighted by Crippen LogP contribution is 2.21. The van der Waals surface area contributed by atoms with Crippen LogP contribution in [-0.4, -0.2) is 90.7 Å². The number of fused-ring (bicyclic) bond motifs is 1. The quantitative estimate of drug-likeness (QED) is 0.116. The van der Waals surface area contributed by atoms with Gasteiger partial charge in [-0.05, 0) is 49.2 Å². The average Bonchev–Trinajstić information content (AvgIpc) is 3.24. The van der Waals surface area contributed by atoms with Crippen molar-refractivity contribution in [1.29, 1.82) is 0 Å². The fraction of sp³-hybridized carbons (Fsp3) is 0.321. The molecule has 3 rings (SSSR count). The molecule has 0 saturated heterocycles. The Bertz CT molecular complexity index is 1280. The molecule has 2 aromatic rings. The first kappa shape index (κ1) is 37.9. The molecule has 43 heavy (non-hydrogen) atoms. The zero-order valence-electron chi connectivity index (χ0n) is 23.2. The van der Waals surface area contributed by atoms with Gasteiger partial charge in [-0.1, -0.05) is 19.9 Å². The van der Waals surface area contributed by atoms with Crippen LogP contribution in [0.2, 0.25) is 0 Å². The number of carboxylic acid groups (broad SMARTS) is 5. The first-order valence-electron chi connectivity index (χ1n) is 12.3. The van der Waals surface area contributed by atoms with Crippen LogP contribution in [0.1, 0.15) is 91.3 Å². The van der Waals surface area contributed by atoms with Crippen LogP contribution in [-0.2, 0) is 14.3 Å². The second-order valence-electron chi connectivity index (χ2n) is 9.41. The smallest absolute Gasteiger partial charge is 0.346 e. The summed E-state index contributed by atoms with van der Waals surface area (Å²) in [6.07, 6.45) is 1.02. The first-order valence-corrected chi connectivity index (χ1v) is 12.3. The van der Waals surface area contributed by atoms with E-state index in [9.17, 15) is 33.6 Å². The minimum Gasteiger partial charge on any atom is -0.481 e. The molecule has 0 aromatic heterocycles. The van der Waals surface area contributed by atoms with Gasteiger partial charge in [-0.2, -0.15) is 0 Å². The summed E-state index contributed by atoms with van der Waals surface area (Å²) in [6.45, 7) is 3.69. The average molecular weight is 609 g/mol. The first-order chi connectivity index (χ1) is 19.9. The van der Waals surface area contributed by atoms with Crippen LogP contribution in [0.25, 0.3) is 0 Å². The summed E-state index contributed by atoms with van der Waals surface area (Å²) in [5.74, 6) is -6.68. The highest BCUT2D eigenvalue weighted by molar-refractivity contribution is 6.15. The van der Waals surface area contributed by atoms with Crippen LogP contribution >= 0.6 is 0 Å². The molecule has 1 heterocycles. The lowest BCUT2D eigenvalue weighted by molar-refractivity contribution is -0.139. The lowest BCUT2D eigenvalue weighted by atomic mass is 9.97. The molecule has 0 fully saturated rings. The van der Waals surface area contributed by atoms with E-state index in [-0.39, 0.29) is 59.3 Å². The number of unbranched alkanes of at least 4 members (excludes halogenated alkanes) is 1. The van der Waals surface area contributed by atoms with Crippen LogP contribution in [0, 0.1) is 5.41 Å². The summed E-state index contributed by atoms with van der Waals surface area (Å²) in [5.41, 5.74) is -0.268. The lowest BCUT2D eigenvalue weighted by Crippen LogP contribution is -2.20. The Balaban J connectivity index is 0.000000564. The van der Waals surface area contributed by atoms with Crippen molar-refractivity contribution >= 4 is 41.8 Å². The van der Waals surface area contributed by atoms with E-state index in [1.165, 1.54) is 30.3 Å². The molecule has 15 nitrogen and oxygen atoms in total. The van der Waals surface area contributed by atoms with Gasteiger partial charge in [0, 0.05) is 18.3 Å². The molecule has 0 atom stereocenters. The molecule has 0 radical (unpaired) electrons. The molecule has 1 aliphatic heterocycles. The van der Waals surface area contributed by atoms with Gasteiger partial charge in [0.25, 0.3) is 0 Å². The van der Waals surface area contributed by atoms with Gasteiger partial charge in [0.2, 0.25) is 0 Å². The summed E-state index contributed by atoms with van der Waals surface area (Å²) >= 11 is 0. The lowest BCUT2D eigenvalue weighted by Gasteiger charge is -2.16. The number of carbonyl (C=O) groups excluding carboxylic acids is 2. The van der Waals surface area contributed by atoms with Gasteiger partial charge < -0.3 is 40.5 Å². The third-order valence-electron chi connectivity index (χ3n) is 5.14. The van der Waals surface area contributed by atoms with Crippen molar-refractivity contribution < 1.29 is 74.0 Å². The number of esters is 2. The second kappa shape index (κ2) is 18.3. The molecule has 0 amide bonds. The molecule has 2 aromatic carbocycles. The zero-order valence-corrected chi connectivity index (χ0v) is 23.2. The number of carbonyl (C=O) groups is 7. The zero-order chi connectivity index (χ0) is 33.3. The normalized spacial score (nSPS) is 11.2. The molecule has 0 saturated carbocycles. The number of aliphatic hydroxyl groups excluding tert-OH is 2. The molecular formula is C28H32O15. The number of aromatic carboxylic acids is 3. The van der Waals surface area contributed by atoms with Crippen LogP contribution in [0.4, 0.5) is 0 Å². The Labute approximate surface area is 244 Å². The molecule has 15 heteroatoms. The maximum atomic E-state index is 11.0. The number of cyclic esters (lactones) is 2. The number of benzene rings is 2. The fourth-order valence-electron chi connectivity index (χ4n) is 2.61. The monoisotopic (exact) mass is 608 g/mol. The largest absolute Gasteiger partial charge is 0.481 e. The van der Waals surface area contributed by atoms with Crippen LogP contribution < -0.4 is 0 Å². The highest BCUT2D eigenvalue weighted by Gasteiger charge is 2.30. The maximum absolute atomic E-state index is 11.0. The number of hydrogen-bond donors (Lipinski definition) is 7. The summed E-state index contributed by atoms with van der Waals surface area (Å²) in [5, 5.41) is 58.8. The third-order valence-corrected chi connectivity index (χ3v) is 5.14. The van der Waals surface area contributed by atoms with Crippen molar-refractivity contribution in [3.8, 4) is 0 Å². The standard InChI is InChI=1S/C9H4O5.C8H6O4.C6H10O4.C5H12O2/c10-7(11)4-1-2-5-6(3-4)9(13)14-8(5)12;9-7(10)5-2-1-3-6(4-5)8(11)12;7-5(8)3-1-2-4-6(9)10;1-5(2,3-6)4-7/h1-3H,(H,10,11);1-4H,(H,9,10)(H,11,12);1-4H2,(H,7,8)(H,9,10);6-7H,3-4H2,1-2H3. The van der Waals surface area contributed by atoms with Gasteiger partial charge in [0.15, 0.2) is 0 Å². The Hall–Kier alpha value is -5.15. The van der Waals surface area contributed by atoms with E-state index in [0.717, 1.165) is 12.1 Å². The third kappa shape index (κ3) is 14.9. The molecule has 0 bridgehead atoms. The number of rotatable bonds is 10. The highest BCUT2D eigenvalue weighted by atomic mass is 16.6. The minimum atomic E-state index is -1.15. The van der Waals surface area contributed by atoms with Crippen molar-refractivity contribution in [3.05, 3.63) is 70.3 Å². The van der Waals surface area contributed by atoms with Crippen LogP contribution in [0.15, 0.2) is 42.5 Å². The molecule has 7 N–H and O–H groups in total. The van der Waals surface area contributed by atoms with Crippen molar-refractivity contribution in [3.63, 3.8) is 0 Å². The Kier molecular flexibility index (Phi) is 16.1. The molecule has 0 unspecified atom stereocenters. The van der Waals surface area contributed by atoms with E-state index in [1.807, 2.05) is 0 Å². The molecular weight excluding hydrogens is 576 g/mol. The van der Waals surface area contributed by atoms with E-state index < -0.39 is 41.8 Å². The fourth-order valence-corrected chi connectivity index (χ4v) is 2.61. The van der Waals surface area contributed by atoms with E-state index in [2.05, 4.69) is 4.74 Å². The Morgan fingerprint density at radius 3 is 1.37 bits per heavy atom. The van der Waals surface area contributed by atoms with Gasteiger partial charge in [-0.3, -0.25) is 9.59 Å². The topological polar surface area (TPSA) is 270 Å². The number of carboxylic acids is 5. The van der Waals surface area contributed by atoms with Crippen molar-refractivity contribution in [2.24, 2.45) is 5.41 Å². The summed E-state index contributed by atoms with van der Waals surface area (Å²) in [7, 11) is 0. The summed E-state index contributed by atoms with van der Waals surface area (Å²) in [4.78, 5) is 73.1. The van der Waals surface area contributed by atoms with E-state index >= 15 is 0 Å². The van der Waals surface area contributed by atoms with E-state index in [4.69, 9.17) is 35.7 Å². The number of aliphatic carboxylic acids is 2. The van der Waals surface area contributed by atoms with Crippen LogP contribution in [0.5, 0.6) is 0 Å². The molecule has 1 aliphatic rings. The SMILES string of the molecule is CC(C)(CO)CO.O=C(O)CCCCC(=O)O.O=C(O)c1ccc2c(c1)C(=O)OC2=O.O=C(O)c1cccc(C(=O)O)c1. The van der Waals surface area contributed by atoms with Gasteiger partial charge in [0.05, 0.1) is 41.0 Å². The predicted molar refractivity (Wildman–Crippen MR) is 145 cm³/mol. The molecule has 234 valence electrons. The van der Waals surface area contributed by atoms with E-state index in [0.29, 0.717) is 12.8 Å². The summed E-state index contributed by atoms with van der Waals surface area (Å²) in [6, 6.07) is 8.85. The van der Waals surface area contributed by atoms with E-state index in [1.54, 1.807) is 13.8 Å². The number of ether oxygens (including phenoxy) is 1. The van der Waals surface area contributed by atoms with Gasteiger partial charge >= 0.3 is 41.8 Å². The maximum Gasteiger partial charge on any atom is 0.346 e. The van der Waals surface area contributed by atoms with Crippen molar-refractivity contribution in [2.75, 3.05) is 13.2 Å². The van der Waals surface area contributed by atoms with Crippen LogP contribution in [0.3, 0.4) is 0 Å². The summed E-state index contributed by atoms with van der Waals surface area (Å²) < 4.78 is 4.30. The predicted octanol–water partition coefficient (Wildman–Crippen LogP) is 2.49. The van der Waals surface area contributed by atoms with Crippen molar-refractivity contribution in [1.82, 2.24) is 0 Å². The Morgan fingerprint density at radius 1 is 0.628 bits per heavy atom. The van der Waals surface area contributed by atoms with Gasteiger partial charge in [-0.15, -0.1) is 0 Å². The van der Waals surface area contributed by atoms with Gasteiger partial charge in [0.1, 0.15) is 0 Å². The second-order valence-corrected chi connectivity index (χ2v) is 9.41. The molecule has 0 aliphatic carbocycles. The number of hydrogen-bond acceptors (Lipinski definition) is 10. The molecule has 0 spiro atoms. The Morgan fingerprint density at radius 2 is 1.02 bits per heavy atom. The van der Waals surface area contributed by atoms with Gasteiger partial charge in [-0.25, -0.2) is 24.0 Å². The minimum absolute atomic E-state index is 0.00917. The van der Waals surface area contributed by atoms with Crippen molar-refractivity contribution in [2.45, 2.75) is 39.5 Å².